The molecule has 0 aliphatic rings. The smallest absolute Gasteiger partial charge is 0.309 e. The van der Waals surface area contributed by atoms with Crippen molar-refractivity contribution in [1.29, 1.82) is 0 Å². The molecule has 1 N–H and O–H groups in total. The Hall–Kier alpha value is -1.10. The molecule has 1 rings (SSSR count). The molecule has 0 spiro atoms. The van der Waals surface area contributed by atoms with Gasteiger partial charge in [0.05, 0.1) is 0 Å². The van der Waals surface area contributed by atoms with Gasteiger partial charge in [-0.2, -0.15) is 13.2 Å². The van der Waals surface area contributed by atoms with E-state index in [9.17, 15) is 13.2 Å². The maximum Gasteiger partial charge on any atom is 0.404 e. The molecule has 0 aliphatic heterocycles. The van der Waals surface area contributed by atoms with Gasteiger partial charge in [0.15, 0.2) is 0 Å². The average molecular weight is 204 g/mol. The summed E-state index contributed by atoms with van der Waals surface area (Å²) in [5.41, 5.74) is 0.622. The lowest BCUT2D eigenvalue weighted by atomic mass is 10.1. The Morgan fingerprint density at radius 1 is 1.36 bits per heavy atom. The van der Waals surface area contributed by atoms with Gasteiger partial charge in [-0.1, -0.05) is 0 Å². The molecule has 0 radical (unpaired) electrons. The van der Waals surface area contributed by atoms with Crippen LogP contribution in [0.25, 0.3) is 0 Å². The molecule has 1 heterocycles. The predicted molar refractivity (Wildman–Crippen MR) is 46.8 cm³/mol. The van der Waals surface area contributed by atoms with Crippen molar-refractivity contribution < 1.29 is 13.2 Å². The van der Waals surface area contributed by atoms with Gasteiger partial charge < -0.3 is 5.32 Å². The van der Waals surface area contributed by atoms with Gasteiger partial charge in [-0.05, 0) is 31.2 Å². The van der Waals surface area contributed by atoms with Gasteiger partial charge in [-0.15, -0.1) is 0 Å². The zero-order valence-electron chi connectivity index (χ0n) is 7.67. The Morgan fingerprint density at radius 3 is 2.36 bits per heavy atom. The van der Waals surface area contributed by atoms with Crippen LogP contribution >= 0.6 is 0 Å². The Morgan fingerprint density at radius 2 is 1.93 bits per heavy atom. The predicted octanol–water partition coefficient (Wildman–Crippen LogP) is 1.77. The van der Waals surface area contributed by atoms with E-state index in [1.165, 1.54) is 19.4 Å². The van der Waals surface area contributed by atoms with Crippen molar-refractivity contribution in [2.24, 2.45) is 0 Å². The third-order valence-corrected chi connectivity index (χ3v) is 1.93. The summed E-state index contributed by atoms with van der Waals surface area (Å²) in [6.45, 7) is 0. The summed E-state index contributed by atoms with van der Waals surface area (Å²) in [6.07, 6.45) is -1.31. The molecule has 1 aromatic rings. The normalized spacial score (nSPS) is 14.0. The fourth-order valence-corrected chi connectivity index (χ4v) is 1.14. The van der Waals surface area contributed by atoms with Crippen molar-refractivity contribution >= 4 is 0 Å². The van der Waals surface area contributed by atoms with Gasteiger partial charge in [-0.25, -0.2) is 0 Å². The fourth-order valence-electron chi connectivity index (χ4n) is 1.14. The molecule has 1 atom stereocenters. The second-order valence-corrected chi connectivity index (χ2v) is 2.94. The zero-order chi connectivity index (χ0) is 10.6. The molecule has 14 heavy (non-hydrogen) atoms. The highest BCUT2D eigenvalue weighted by Crippen LogP contribution is 2.22. The molecule has 0 bridgehead atoms. The molecule has 0 saturated carbocycles. The molecule has 0 amide bonds. The Balaban J connectivity index is 2.67. The van der Waals surface area contributed by atoms with E-state index in [0.29, 0.717) is 5.56 Å². The number of halogens is 3. The minimum atomic E-state index is -4.21. The van der Waals surface area contributed by atoms with Gasteiger partial charge in [0.2, 0.25) is 0 Å². The summed E-state index contributed by atoms with van der Waals surface area (Å²) < 4.78 is 37.0. The van der Waals surface area contributed by atoms with Gasteiger partial charge in [0, 0.05) is 12.4 Å². The average Bonchev–Trinajstić information content (AvgIpc) is 2.14. The SMILES string of the molecule is CNC(Cc1ccncc1)C(F)(F)F. The first-order valence-corrected chi connectivity index (χ1v) is 4.17. The Bertz CT molecular complexity index is 271. The summed E-state index contributed by atoms with van der Waals surface area (Å²) >= 11 is 0. The summed E-state index contributed by atoms with van der Waals surface area (Å²) in [5.74, 6) is 0. The van der Waals surface area contributed by atoms with Crippen LogP contribution in [-0.2, 0) is 6.42 Å². The van der Waals surface area contributed by atoms with E-state index < -0.39 is 12.2 Å². The van der Waals surface area contributed by atoms with Gasteiger partial charge in [0.25, 0.3) is 0 Å². The van der Waals surface area contributed by atoms with Crippen LogP contribution in [0.15, 0.2) is 24.5 Å². The van der Waals surface area contributed by atoms with E-state index in [4.69, 9.17) is 0 Å². The van der Waals surface area contributed by atoms with E-state index >= 15 is 0 Å². The van der Waals surface area contributed by atoms with Crippen LogP contribution in [-0.4, -0.2) is 24.2 Å². The highest BCUT2D eigenvalue weighted by atomic mass is 19.4. The number of aromatic nitrogens is 1. The van der Waals surface area contributed by atoms with Crippen molar-refractivity contribution in [1.82, 2.24) is 10.3 Å². The second-order valence-electron chi connectivity index (χ2n) is 2.94. The number of nitrogens with zero attached hydrogens (tertiary/aromatic N) is 1. The van der Waals surface area contributed by atoms with Crippen molar-refractivity contribution in [3.05, 3.63) is 30.1 Å². The lowest BCUT2D eigenvalue weighted by molar-refractivity contribution is -0.154. The molecule has 2 nitrogen and oxygen atoms in total. The zero-order valence-corrected chi connectivity index (χ0v) is 7.67. The molecule has 1 unspecified atom stereocenters. The monoisotopic (exact) mass is 204 g/mol. The van der Waals surface area contributed by atoms with E-state index in [1.54, 1.807) is 12.1 Å². The number of hydrogen-bond acceptors (Lipinski definition) is 2. The number of nitrogens with one attached hydrogen (secondary N) is 1. The van der Waals surface area contributed by atoms with E-state index in [1.807, 2.05) is 0 Å². The fraction of sp³-hybridized carbons (Fsp3) is 0.444. The Labute approximate surface area is 80.2 Å². The van der Waals surface area contributed by atoms with E-state index in [-0.39, 0.29) is 6.42 Å². The van der Waals surface area contributed by atoms with Gasteiger partial charge in [0.1, 0.15) is 6.04 Å². The molecule has 0 saturated heterocycles. The van der Waals surface area contributed by atoms with Crippen molar-refractivity contribution in [2.75, 3.05) is 7.05 Å². The van der Waals surface area contributed by atoms with Gasteiger partial charge >= 0.3 is 6.18 Å². The van der Waals surface area contributed by atoms with Gasteiger partial charge in [-0.3, -0.25) is 4.98 Å². The first-order valence-electron chi connectivity index (χ1n) is 4.17. The quantitative estimate of drug-likeness (QED) is 0.811. The minimum absolute atomic E-state index is 0.0669. The van der Waals surface area contributed by atoms with Crippen LogP contribution in [0, 0.1) is 0 Å². The number of rotatable bonds is 3. The third-order valence-electron chi connectivity index (χ3n) is 1.93. The molecular formula is C9H11F3N2. The van der Waals surface area contributed by atoms with E-state index in [2.05, 4.69) is 10.3 Å². The Kier molecular flexibility index (Phi) is 3.46. The maximum atomic E-state index is 12.3. The molecule has 0 aromatic carbocycles. The summed E-state index contributed by atoms with van der Waals surface area (Å²) in [4.78, 5) is 3.74. The summed E-state index contributed by atoms with van der Waals surface area (Å²) in [6, 6.07) is 1.66. The second kappa shape index (κ2) is 4.41. The molecule has 78 valence electrons. The number of pyridine rings is 1. The van der Waals surface area contributed by atoms with Crippen LogP contribution in [0.1, 0.15) is 5.56 Å². The molecular weight excluding hydrogens is 193 g/mol. The highest BCUT2D eigenvalue weighted by Gasteiger charge is 2.38. The highest BCUT2D eigenvalue weighted by molar-refractivity contribution is 5.11. The van der Waals surface area contributed by atoms with Crippen molar-refractivity contribution in [3.8, 4) is 0 Å². The van der Waals surface area contributed by atoms with Crippen LogP contribution < -0.4 is 5.32 Å². The standard InChI is InChI=1S/C9H11F3N2/c1-13-8(9(10,11)12)6-7-2-4-14-5-3-7/h2-5,8,13H,6H2,1H3. The third kappa shape index (κ3) is 2.99. The number of alkyl halides is 3. The molecule has 0 fully saturated rings. The largest absolute Gasteiger partial charge is 0.404 e. The summed E-state index contributed by atoms with van der Waals surface area (Å²) in [7, 11) is 1.30. The van der Waals surface area contributed by atoms with Crippen molar-refractivity contribution in [3.63, 3.8) is 0 Å². The minimum Gasteiger partial charge on any atom is -0.309 e. The molecule has 1 aromatic heterocycles. The first-order chi connectivity index (χ1) is 6.54. The van der Waals surface area contributed by atoms with Crippen LogP contribution in [0.2, 0.25) is 0 Å². The van der Waals surface area contributed by atoms with Crippen LogP contribution in [0.4, 0.5) is 13.2 Å². The maximum absolute atomic E-state index is 12.3. The van der Waals surface area contributed by atoms with Crippen molar-refractivity contribution in [2.45, 2.75) is 18.6 Å². The molecule has 5 heteroatoms. The summed E-state index contributed by atoms with van der Waals surface area (Å²) in [5, 5.41) is 2.25. The molecule has 0 aliphatic carbocycles. The lowest BCUT2D eigenvalue weighted by Crippen LogP contribution is -2.41. The first kappa shape index (κ1) is 11.0. The van der Waals surface area contributed by atoms with Crippen LogP contribution in [0.3, 0.4) is 0 Å². The van der Waals surface area contributed by atoms with Crippen LogP contribution in [0.5, 0.6) is 0 Å². The lowest BCUT2D eigenvalue weighted by Gasteiger charge is -2.19. The topological polar surface area (TPSA) is 24.9 Å². The van der Waals surface area contributed by atoms with E-state index in [0.717, 1.165) is 0 Å². The number of likely N-dealkylation sites (N-methyl/N-ethyl adjacent to an activating group) is 1. The number of hydrogen-bond donors (Lipinski definition) is 1.